The van der Waals surface area contributed by atoms with E-state index >= 15 is 0 Å². The quantitative estimate of drug-likeness (QED) is 0.0364. The van der Waals surface area contributed by atoms with E-state index in [2.05, 4.69) is 43.5 Å². The van der Waals surface area contributed by atoms with Gasteiger partial charge < -0.3 is 20.6 Å². The summed E-state index contributed by atoms with van der Waals surface area (Å²) >= 11 is 0. The van der Waals surface area contributed by atoms with E-state index in [4.69, 9.17) is 0 Å². The summed E-state index contributed by atoms with van der Waals surface area (Å²) in [6.45, 7) is 4.17. The van der Waals surface area contributed by atoms with Gasteiger partial charge in [-0.25, -0.2) is 0 Å². The Balaban J connectivity index is 3.48. The van der Waals surface area contributed by atoms with Crippen LogP contribution in [0.5, 0.6) is 0 Å². The normalized spacial score (nSPS) is 13.5. The van der Waals surface area contributed by atoms with Crippen molar-refractivity contribution < 1.29 is 20.1 Å². The highest BCUT2D eigenvalue weighted by Crippen LogP contribution is 2.17. The van der Waals surface area contributed by atoms with E-state index < -0.39 is 18.2 Å². The number of carbonyl (C=O) groups is 1. The first-order valence-electron chi connectivity index (χ1n) is 26.1. The van der Waals surface area contributed by atoms with Crippen LogP contribution in [0, 0.1) is 0 Å². The van der Waals surface area contributed by atoms with Gasteiger partial charge in [0.05, 0.1) is 18.8 Å². The third-order valence-corrected chi connectivity index (χ3v) is 12.3. The Morgan fingerprint density at radius 3 is 1.00 bits per heavy atom. The molecule has 58 heavy (non-hydrogen) atoms. The highest BCUT2D eigenvalue weighted by Gasteiger charge is 2.26. The van der Waals surface area contributed by atoms with Crippen molar-refractivity contribution in [1.82, 2.24) is 5.32 Å². The van der Waals surface area contributed by atoms with Crippen LogP contribution >= 0.6 is 0 Å². The highest BCUT2D eigenvalue weighted by atomic mass is 16.3. The number of carbonyl (C=O) groups excluding carboxylic acids is 1. The van der Waals surface area contributed by atoms with Crippen LogP contribution < -0.4 is 5.32 Å². The predicted octanol–water partition coefficient (Wildman–Crippen LogP) is 15.7. The lowest BCUT2D eigenvalue weighted by atomic mass is 10.0. The van der Waals surface area contributed by atoms with Gasteiger partial charge in [0.15, 0.2) is 0 Å². The van der Waals surface area contributed by atoms with Gasteiger partial charge >= 0.3 is 0 Å². The first-order chi connectivity index (χ1) is 28.6. The number of nitrogens with one attached hydrogen (secondary N) is 1. The smallest absolute Gasteiger partial charge is 0.220 e. The third-order valence-electron chi connectivity index (χ3n) is 12.3. The summed E-state index contributed by atoms with van der Waals surface area (Å²) in [6.07, 6.45) is 60.5. The van der Waals surface area contributed by atoms with Crippen molar-refractivity contribution in [2.75, 3.05) is 6.61 Å². The minimum atomic E-state index is -1.16. The molecule has 0 aromatic rings. The Morgan fingerprint density at radius 2 is 0.690 bits per heavy atom. The molecule has 0 radical (unpaired) electrons. The molecule has 1 amide bonds. The average molecular weight is 818 g/mol. The van der Waals surface area contributed by atoms with Gasteiger partial charge in [-0.2, -0.15) is 0 Å². The minimum absolute atomic E-state index is 0.151. The van der Waals surface area contributed by atoms with E-state index in [0.29, 0.717) is 12.8 Å². The maximum atomic E-state index is 12.5. The van der Waals surface area contributed by atoms with Gasteiger partial charge in [0.1, 0.15) is 6.10 Å². The van der Waals surface area contributed by atoms with Crippen LogP contribution in [0.1, 0.15) is 284 Å². The van der Waals surface area contributed by atoms with Crippen LogP contribution in [0.15, 0.2) is 24.3 Å². The summed E-state index contributed by atoms with van der Waals surface area (Å²) in [6, 6.07) is -0.823. The van der Waals surface area contributed by atoms with Crippen LogP contribution in [-0.4, -0.2) is 46.1 Å². The van der Waals surface area contributed by atoms with E-state index in [0.717, 1.165) is 38.5 Å². The molecule has 0 saturated carbocycles. The van der Waals surface area contributed by atoms with Gasteiger partial charge in [-0.3, -0.25) is 4.79 Å². The fourth-order valence-electron chi connectivity index (χ4n) is 8.22. The average Bonchev–Trinajstić information content (AvgIpc) is 3.23. The molecule has 3 atom stereocenters. The first kappa shape index (κ1) is 56.8. The molecule has 0 rings (SSSR count). The summed E-state index contributed by atoms with van der Waals surface area (Å²) < 4.78 is 0. The maximum Gasteiger partial charge on any atom is 0.220 e. The number of hydrogen-bond acceptors (Lipinski definition) is 4. The summed E-state index contributed by atoms with van der Waals surface area (Å²) in [5, 5.41) is 33.5. The van der Waals surface area contributed by atoms with Gasteiger partial charge in [-0.05, 0) is 64.2 Å². The number of hydrogen-bond donors (Lipinski definition) is 4. The van der Waals surface area contributed by atoms with E-state index in [-0.39, 0.29) is 12.5 Å². The molecule has 0 aliphatic rings. The lowest BCUT2D eigenvalue weighted by molar-refractivity contribution is -0.124. The number of aliphatic hydroxyl groups is 3. The Labute approximate surface area is 362 Å². The van der Waals surface area contributed by atoms with E-state index in [1.807, 2.05) is 0 Å². The Bertz CT molecular complexity index is 859. The van der Waals surface area contributed by atoms with Gasteiger partial charge in [-0.1, -0.05) is 237 Å². The fraction of sp³-hybridized carbons (Fsp3) is 0.906. The maximum absolute atomic E-state index is 12.5. The van der Waals surface area contributed by atoms with Crippen molar-refractivity contribution >= 4 is 5.91 Å². The third kappa shape index (κ3) is 42.9. The molecular formula is C53H103NO4. The standard InChI is InChI=1S/C53H103NO4/c1-3-5-7-9-11-13-15-17-18-19-20-21-22-23-24-25-26-27-28-29-30-31-32-33-34-35-36-38-40-42-44-46-48-52(57)54-50(49-55)53(58)51(56)47-45-43-41-39-37-16-14-12-10-8-6-4-2/h23-24,39,41,50-51,53,55-56,58H,3-22,25-38,40,42-49H2,1-2H3,(H,54,57)/b24-23-,41-39+. The van der Waals surface area contributed by atoms with Gasteiger partial charge in [0.2, 0.25) is 5.91 Å². The molecule has 0 aliphatic heterocycles. The molecular weight excluding hydrogens is 715 g/mol. The van der Waals surface area contributed by atoms with Crippen LogP contribution in [-0.2, 0) is 4.79 Å². The van der Waals surface area contributed by atoms with Crippen molar-refractivity contribution in [1.29, 1.82) is 0 Å². The van der Waals surface area contributed by atoms with Gasteiger partial charge in [0.25, 0.3) is 0 Å². The highest BCUT2D eigenvalue weighted by molar-refractivity contribution is 5.76. The second kappa shape index (κ2) is 48.5. The topological polar surface area (TPSA) is 89.8 Å². The zero-order valence-corrected chi connectivity index (χ0v) is 39.2. The van der Waals surface area contributed by atoms with E-state index in [1.165, 1.54) is 218 Å². The summed E-state index contributed by atoms with van der Waals surface area (Å²) in [5.41, 5.74) is 0. The first-order valence-corrected chi connectivity index (χ1v) is 26.1. The second-order valence-electron chi connectivity index (χ2n) is 18.1. The van der Waals surface area contributed by atoms with Gasteiger partial charge in [0, 0.05) is 6.42 Å². The van der Waals surface area contributed by atoms with Crippen LogP contribution in [0.4, 0.5) is 0 Å². The lowest BCUT2D eigenvalue weighted by Crippen LogP contribution is -2.50. The minimum Gasteiger partial charge on any atom is -0.394 e. The number of rotatable bonds is 48. The lowest BCUT2D eigenvalue weighted by Gasteiger charge is -2.26. The molecule has 344 valence electrons. The molecule has 3 unspecified atom stereocenters. The Kier molecular flexibility index (Phi) is 47.5. The molecule has 0 bridgehead atoms. The molecule has 0 heterocycles. The van der Waals surface area contributed by atoms with E-state index in [9.17, 15) is 20.1 Å². The summed E-state index contributed by atoms with van der Waals surface area (Å²) in [5.74, 6) is -0.151. The van der Waals surface area contributed by atoms with Gasteiger partial charge in [-0.15, -0.1) is 0 Å². The number of allylic oxidation sites excluding steroid dienone is 4. The second-order valence-corrected chi connectivity index (χ2v) is 18.1. The molecule has 0 fully saturated rings. The molecule has 5 nitrogen and oxygen atoms in total. The molecule has 0 aromatic carbocycles. The SMILES string of the molecule is CCCCCCCCC/C=C/CCCC(O)C(O)C(CO)NC(=O)CCCCCCCCCCCCCCCCCC/C=C\CCCCCCCCCCCCCC. The van der Waals surface area contributed by atoms with Crippen molar-refractivity contribution in [2.24, 2.45) is 0 Å². The van der Waals surface area contributed by atoms with Crippen molar-refractivity contribution in [3.8, 4) is 0 Å². The molecule has 0 aromatic heterocycles. The Morgan fingerprint density at radius 1 is 0.414 bits per heavy atom. The zero-order valence-electron chi connectivity index (χ0n) is 39.2. The zero-order chi connectivity index (χ0) is 42.3. The molecule has 0 aliphatic carbocycles. The summed E-state index contributed by atoms with van der Waals surface area (Å²) in [4.78, 5) is 12.5. The summed E-state index contributed by atoms with van der Waals surface area (Å²) in [7, 11) is 0. The van der Waals surface area contributed by atoms with Crippen molar-refractivity contribution in [3.05, 3.63) is 24.3 Å². The molecule has 5 heteroatoms. The van der Waals surface area contributed by atoms with Crippen LogP contribution in [0.3, 0.4) is 0 Å². The molecule has 4 N–H and O–H groups in total. The Hall–Kier alpha value is -1.17. The molecule has 0 saturated heterocycles. The van der Waals surface area contributed by atoms with Crippen molar-refractivity contribution in [2.45, 2.75) is 302 Å². The fourth-order valence-corrected chi connectivity index (χ4v) is 8.22. The number of amides is 1. The van der Waals surface area contributed by atoms with Crippen LogP contribution in [0.2, 0.25) is 0 Å². The monoisotopic (exact) mass is 818 g/mol. The van der Waals surface area contributed by atoms with E-state index in [1.54, 1.807) is 0 Å². The number of aliphatic hydroxyl groups excluding tert-OH is 3. The number of unbranched alkanes of at least 4 members (excludes halogenated alkanes) is 36. The largest absolute Gasteiger partial charge is 0.394 e. The van der Waals surface area contributed by atoms with Crippen LogP contribution in [0.25, 0.3) is 0 Å². The molecule has 0 spiro atoms. The van der Waals surface area contributed by atoms with Crippen molar-refractivity contribution in [3.63, 3.8) is 0 Å². The predicted molar refractivity (Wildman–Crippen MR) is 255 cm³/mol.